The van der Waals surface area contributed by atoms with E-state index < -0.39 is 0 Å². The molecule has 0 aromatic carbocycles. The molecule has 1 saturated heterocycles. The Bertz CT molecular complexity index is 157. The lowest BCUT2D eigenvalue weighted by Gasteiger charge is -2.29. The molecule has 0 amide bonds. The van der Waals surface area contributed by atoms with Crippen LogP contribution in [0.2, 0.25) is 0 Å². The Morgan fingerprint density at radius 3 is 2.42 bits per heavy atom. The van der Waals surface area contributed by atoms with Gasteiger partial charge in [0.25, 0.3) is 0 Å². The van der Waals surface area contributed by atoms with Gasteiger partial charge in [-0.05, 0) is 12.8 Å². The molecular weight excluding hydrogens is 150 g/mol. The first-order valence-corrected chi connectivity index (χ1v) is 4.71. The van der Waals surface area contributed by atoms with E-state index >= 15 is 0 Å². The molecule has 0 aromatic heterocycles. The van der Waals surface area contributed by atoms with E-state index in [0.29, 0.717) is 5.92 Å². The van der Waals surface area contributed by atoms with Gasteiger partial charge in [0.05, 0.1) is 13.2 Å². The van der Waals surface area contributed by atoms with Crippen molar-refractivity contribution in [2.45, 2.75) is 20.8 Å². The normalized spacial score (nSPS) is 20.3. The molecule has 1 fully saturated rings. The van der Waals surface area contributed by atoms with Gasteiger partial charge in [-0.3, -0.25) is 0 Å². The highest BCUT2D eigenvalue weighted by atomic mass is 16.5. The van der Waals surface area contributed by atoms with E-state index in [1.165, 1.54) is 5.70 Å². The van der Waals surface area contributed by atoms with Crippen LogP contribution < -0.4 is 0 Å². The van der Waals surface area contributed by atoms with Crippen molar-refractivity contribution in [1.82, 2.24) is 4.90 Å². The Hall–Kier alpha value is -0.500. The zero-order valence-corrected chi connectivity index (χ0v) is 8.34. The monoisotopic (exact) mass is 169 g/mol. The van der Waals surface area contributed by atoms with Crippen LogP contribution >= 0.6 is 0 Å². The SMILES string of the molecule is C/C(=C\C(C)C)N1CCOCC1. The van der Waals surface area contributed by atoms with Crippen molar-refractivity contribution in [3.8, 4) is 0 Å². The summed E-state index contributed by atoms with van der Waals surface area (Å²) >= 11 is 0. The second kappa shape index (κ2) is 4.51. The average Bonchev–Trinajstić information content (AvgIpc) is 2.05. The third-order valence-corrected chi connectivity index (χ3v) is 2.08. The number of morpholine rings is 1. The van der Waals surface area contributed by atoms with Gasteiger partial charge in [0.2, 0.25) is 0 Å². The second-order valence-electron chi connectivity index (χ2n) is 3.65. The van der Waals surface area contributed by atoms with Crippen molar-refractivity contribution in [3.63, 3.8) is 0 Å². The molecule has 0 saturated carbocycles. The topological polar surface area (TPSA) is 12.5 Å². The van der Waals surface area contributed by atoms with Gasteiger partial charge < -0.3 is 9.64 Å². The summed E-state index contributed by atoms with van der Waals surface area (Å²) in [4.78, 5) is 2.39. The minimum Gasteiger partial charge on any atom is -0.378 e. The van der Waals surface area contributed by atoms with Gasteiger partial charge in [-0.25, -0.2) is 0 Å². The van der Waals surface area contributed by atoms with Gasteiger partial charge in [-0.1, -0.05) is 19.9 Å². The summed E-state index contributed by atoms with van der Waals surface area (Å²) < 4.78 is 5.29. The summed E-state index contributed by atoms with van der Waals surface area (Å²) in [5, 5.41) is 0. The number of rotatable bonds is 2. The molecule has 0 radical (unpaired) electrons. The van der Waals surface area contributed by atoms with E-state index in [4.69, 9.17) is 4.74 Å². The van der Waals surface area contributed by atoms with Crippen molar-refractivity contribution in [2.75, 3.05) is 26.3 Å². The maximum Gasteiger partial charge on any atom is 0.0642 e. The maximum atomic E-state index is 5.29. The van der Waals surface area contributed by atoms with Crippen molar-refractivity contribution < 1.29 is 4.74 Å². The summed E-state index contributed by atoms with van der Waals surface area (Å²) in [6, 6.07) is 0. The van der Waals surface area contributed by atoms with E-state index in [0.717, 1.165) is 26.3 Å². The third kappa shape index (κ3) is 2.86. The van der Waals surface area contributed by atoms with Gasteiger partial charge in [0.1, 0.15) is 0 Å². The predicted molar refractivity (Wildman–Crippen MR) is 51.0 cm³/mol. The number of allylic oxidation sites excluding steroid dienone is 2. The Morgan fingerprint density at radius 2 is 1.92 bits per heavy atom. The zero-order valence-electron chi connectivity index (χ0n) is 8.34. The molecule has 1 aliphatic rings. The quantitative estimate of drug-likeness (QED) is 0.626. The highest BCUT2D eigenvalue weighted by molar-refractivity contribution is 4.99. The fraction of sp³-hybridized carbons (Fsp3) is 0.800. The van der Waals surface area contributed by atoms with Crippen LogP contribution in [-0.2, 0) is 4.74 Å². The molecule has 2 nitrogen and oxygen atoms in total. The first-order chi connectivity index (χ1) is 5.70. The molecule has 0 atom stereocenters. The number of hydrogen-bond donors (Lipinski definition) is 0. The van der Waals surface area contributed by atoms with Crippen molar-refractivity contribution in [3.05, 3.63) is 11.8 Å². The lowest BCUT2D eigenvalue weighted by atomic mass is 10.2. The lowest BCUT2D eigenvalue weighted by molar-refractivity contribution is 0.0534. The van der Waals surface area contributed by atoms with Crippen LogP contribution in [0.25, 0.3) is 0 Å². The van der Waals surface area contributed by atoms with Crippen molar-refractivity contribution in [2.24, 2.45) is 5.92 Å². The van der Waals surface area contributed by atoms with E-state index in [9.17, 15) is 0 Å². The first kappa shape index (κ1) is 9.59. The van der Waals surface area contributed by atoms with Crippen LogP contribution in [-0.4, -0.2) is 31.2 Å². The van der Waals surface area contributed by atoms with Crippen molar-refractivity contribution in [1.29, 1.82) is 0 Å². The summed E-state index contributed by atoms with van der Waals surface area (Å²) in [6.07, 6.45) is 2.31. The van der Waals surface area contributed by atoms with E-state index in [1.54, 1.807) is 0 Å². The summed E-state index contributed by atoms with van der Waals surface area (Å²) in [5.41, 5.74) is 1.40. The second-order valence-corrected chi connectivity index (χ2v) is 3.65. The molecule has 0 bridgehead atoms. The Balaban J connectivity index is 2.44. The van der Waals surface area contributed by atoms with Crippen LogP contribution in [0, 0.1) is 5.92 Å². The molecular formula is C10H19NO. The van der Waals surface area contributed by atoms with Crippen LogP contribution in [0.3, 0.4) is 0 Å². The molecule has 0 N–H and O–H groups in total. The molecule has 12 heavy (non-hydrogen) atoms. The van der Waals surface area contributed by atoms with Gasteiger partial charge in [0, 0.05) is 18.8 Å². The summed E-state index contributed by atoms with van der Waals surface area (Å²) in [6.45, 7) is 10.5. The first-order valence-electron chi connectivity index (χ1n) is 4.71. The summed E-state index contributed by atoms with van der Waals surface area (Å²) in [5.74, 6) is 0.646. The molecule has 1 aliphatic heterocycles. The maximum absolute atomic E-state index is 5.29. The third-order valence-electron chi connectivity index (χ3n) is 2.08. The number of nitrogens with zero attached hydrogens (tertiary/aromatic N) is 1. The van der Waals surface area contributed by atoms with Crippen LogP contribution in [0.1, 0.15) is 20.8 Å². The van der Waals surface area contributed by atoms with E-state index in [-0.39, 0.29) is 0 Å². The molecule has 0 spiro atoms. The molecule has 1 heterocycles. The fourth-order valence-electron chi connectivity index (χ4n) is 1.50. The smallest absolute Gasteiger partial charge is 0.0642 e. The van der Waals surface area contributed by atoms with Crippen molar-refractivity contribution >= 4 is 0 Å². The molecule has 70 valence electrons. The Labute approximate surface area is 75.2 Å². The lowest BCUT2D eigenvalue weighted by Crippen LogP contribution is -2.34. The molecule has 0 unspecified atom stereocenters. The molecule has 0 aromatic rings. The number of hydrogen-bond acceptors (Lipinski definition) is 2. The molecule has 1 rings (SSSR count). The molecule has 0 aliphatic carbocycles. The van der Waals surface area contributed by atoms with Gasteiger partial charge in [0.15, 0.2) is 0 Å². The largest absolute Gasteiger partial charge is 0.378 e. The van der Waals surface area contributed by atoms with Crippen LogP contribution in [0.5, 0.6) is 0 Å². The highest BCUT2D eigenvalue weighted by Gasteiger charge is 2.09. The van der Waals surface area contributed by atoms with Gasteiger partial charge in [-0.15, -0.1) is 0 Å². The average molecular weight is 169 g/mol. The van der Waals surface area contributed by atoms with Crippen LogP contribution in [0.15, 0.2) is 11.8 Å². The fourth-order valence-corrected chi connectivity index (χ4v) is 1.50. The minimum atomic E-state index is 0.646. The van der Waals surface area contributed by atoms with E-state index in [1.807, 2.05) is 0 Å². The van der Waals surface area contributed by atoms with Crippen LogP contribution in [0.4, 0.5) is 0 Å². The number of ether oxygens (including phenoxy) is 1. The van der Waals surface area contributed by atoms with Gasteiger partial charge in [-0.2, -0.15) is 0 Å². The Kier molecular flexibility index (Phi) is 3.60. The van der Waals surface area contributed by atoms with Gasteiger partial charge >= 0.3 is 0 Å². The Morgan fingerprint density at radius 1 is 1.33 bits per heavy atom. The van der Waals surface area contributed by atoms with E-state index in [2.05, 4.69) is 31.7 Å². The molecule has 2 heteroatoms. The highest BCUT2D eigenvalue weighted by Crippen LogP contribution is 2.09. The predicted octanol–water partition coefficient (Wildman–Crippen LogP) is 1.88. The minimum absolute atomic E-state index is 0.646. The zero-order chi connectivity index (χ0) is 8.97. The summed E-state index contributed by atoms with van der Waals surface area (Å²) in [7, 11) is 0. The standard InChI is InChI=1S/C10H19NO/c1-9(2)8-10(3)11-4-6-12-7-5-11/h8-9H,4-7H2,1-3H3/b10-8+.